The van der Waals surface area contributed by atoms with Crippen molar-refractivity contribution in [1.29, 1.82) is 0 Å². The van der Waals surface area contributed by atoms with Crippen LogP contribution in [-0.2, 0) is 9.53 Å². The van der Waals surface area contributed by atoms with Crippen LogP contribution in [0.2, 0.25) is 0 Å². The van der Waals surface area contributed by atoms with E-state index < -0.39 is 5.97 Å². The number of carbonyl (C=O) groups is 2. The zero-order chi connectivity index (χ0) is 20.7. The molecule has 0 spiro atoms. The lowest BCUT2D eigenvalue weighted by molar-refractivity contribution is -0.136. The fourth-order valence-corrected chi connectivity index (χ4v) is 2.66. The molecule has 0 radical (unpaired) electrons. The summed E-state index contributed by atoms with van der Waals surface area (Å²) < 4.78 is 20.9. The first kappa shape index (κ1) is 21.0. The van der Waals surface area contributed by atoms with Crippen LogP contribution in [0.1, 0.15) is 27.0 Å². The molecule has 28 heavy (non-hydrogen) atoms. The van der Waals surface area contributed by atoms with Crippen molar-refractivity contribution in [2.45, 2.75) is 13.8 Å². The lowest BCUT2D eigenvalue weighted by Crippen LogP contribution is -2.13. The molecule has 0 aliphatic heterocycles. The van der Waals surface area contributed by atoms with Gasteiger partial charge in [-0.05, 0) is 49.2 Å². The van der Waals surface area contributed by atoms with E-state index in [1.807, 2.05) is 26.0 Å². The Labute approximate surface area is 164 Å². The molecule has 0 aliphatic rings. The number of rotatable bonds is 8. The lowest BCUT2D eigenvalue weighted by atomic mass is 10.0. The molecular formula is C22H24O6. The summed E-state index contributed by atoms with van der Waals surface area (Å²) in [6.45, 7) is 3.43. The topological polar surface area (TPSA) is 71.1 Å². The molecule has 2 rings (SSSR count). The summed E-state index contributed by atoms with van der Waals surface area (Å²) in [5.41, 5.74) is 3.04. The third-order valence-corrected chi connectivity index (χ3v) is 4.14. The number of carbonyl (C=O) groups excluding carboxylic acids is 2. The molecule has 0 saturated heterocycles. The Morgan fingerprint density at radius 1 is 0.929 bits per heavy atom. The van der Waals surface area contributed by atoms with Crippen LogP contribution >= 0.6 is 0 Å². The normalized spacial score (nSPS) is 10.6. The summed E-state index contributed by atoms with van der Waals surface area (Å²) in [7, 11) is 4.54. The van der Waals surface area contributed by atoms with Crippen LogP contribution in [0, 0.1) is 13.8 Å². The Morgan fingerprint density at radius 3 is 2.14 bits per heavy atom. The average molecular weight is 384 g/mol. The summed E-state index contributed by atoms with van der Waals surface area (Å²) >= 11 is 0. The number of Topliss-reactive ketones (excluding diaryl/α,β-unsaturated/α-hetero) is 1. The summed E-state index contributed by atoms with van der Waals surface area (Å²) in [5, 5.41) is 0. The molecule has 0 bridgehead atoms. The number of hydrogen-bond donors (Lipinski definition) is 0. The average Bonchev–Trinajstić information content (AvgIpc) is 2.71. The Bertz CT molecular complexity index is 873. The largest absolute Gasteiger partial charge is 0.493 e. The molecule has 6 heteroatoms. The third-order valence-electron chi connectivity index (χ3n) is 4.14. The molecule has 6 nitrogen and oxygen atoms in total. The Morgan fingerprint density at radius 2 is 1.57 bits per heavy atom. The number of esters is 1. The molecule has 2 aromatic carbocycles. The highest BCUT2D eigenvalue weighted by atomic mass is 16.5. The maximum atomic E-state index is 12.3. The van der Waals surface area contributed by atoms with E-state index in [1.54, 1.807) is 24.3 Å². The predicted molar refractivity (Wildman–Crippen MR) is 106 cm³/mol. The number of ether oxygens (including phenoxy) is 4. The minimum atomic E-state index is -0.618. The maximum Gasteiger partial charge on any atom is 0.331 e. The van der Waals surface area contributed by atoms with Crippen LogP contribution in [0.5, 0.6) is 17.2 Å². The maximum absolute atomic E-state index is 12.3. The number of hydrogen-bond acceptors (Lipinski definition) is 6. The van der Waals surface area contributed by atoms with Crippen molar-refractivity contribution >= 4 is 17.8 Å². The van der Waals surface area contributed by atoms with Gasteiger partial charge in [-0.2, -0.15) is 0 Å². The fourth-order valence-electron chi connectivity index (χ4n) is 2.66. The molecule has 148 valence electrons. The lowest BCUT2D eigenvalue weighted by Gasteiger charge is -2.12. The fraction of sp³-hybridized carbons (Fsp3) is 0.273. The molecule has 0 heterocycles. The number of methoxy groups -OCH3 is 3. The Kier molecular flexibility index (Phi) is 7.21. The van der Waals surface area contributed by atoms with Crippen LogP contribution in [0.15, 0.2) is 36.4 Å². The van der Waals surface area contributed by atoms with E-state index in [0.29, 0.717) is 28.4 Å². The molecule has 0 saturated carbocycles. The van der Waals surface area contributed by atoms with Gasteiger partial charge in [0, 0.05) is 11.6 Å². The minimum Gasteiger partial charge on any atom is -0.493 e. The van der Waals surface area contributed by atoms with Gasteiger partial charge in [0.25, 0.3) is 0 Å². The van der Waals surface area contributed by atoms with Crippen molar-refractivity contribution in [3.63, 3.8) is 0 Å². The van der Waals surface area contributed by atoms with Gasteiger partial charge in [-0.1, -0.05) is 17.7 Å². The molecule has 0 fully saturated rings. The monoisotopic (exact) mass is 384 g/mol. The molecule has 0 unspecified atom stereocenters. The van der Waals surface area contributed by atoms with Gasteiger partial charge in [-0.15, -0.1) is 0 Å². The van der Waals surface area contributed by atoms with Crippen LogP contribution in [-0.4, -0.2) is 39.7 Å². The summed E-state index contributed by atoms with van der Waals surface area (Å²) in [6, 6.07) is 8.99. The predicted octanol–water partition coefficient (Wildman–Crippen LogP) is 3.77. The van der Waals surface area contributed by atoms with E-state index in [4.69, 9.17) is 18.9 Å². The molecule has 0 aliphatic carbocycles. The number of benzene rings is 2. The molecule has 0 amide bonds. The van der Waals surface area contributed by atoms with Gasteiger partial charge in [0.2, 0.25) is 11.5 Å². The zero-order valence-corrected chi connectivity index (χ0v) is 16.7. The number of aryl methyl sites for hydroxylation is 2. The van der Waals surface area contributed by atoms with Gasteiger partial charge in [-0.25, -0.2) is 4.79 Å². The summed E-state index contributed by atoms with van der Waals surface area (Å²) in [5.74, 6) is 0.548. The van der Waals surface area contributed by atoms with E-state index in [0.717, 1.165) is 11.1 Å². The standard InChI is InChI=1S/C22H24O6/c1-14-6-7-15(2)17(10-14)18(23)13-28-21(24)9-8-16-11-19(25-3)22(27-5)20(12-16)26-4/h6-12H,13H2,1-5H3. The SMILES string of the molecule is COc1cc(C=CC(=O)OCC(=O)c2cc(C)ccc2C)cc(OC)c1OC. The van der Waals surface area contributed by atoms with E-state index >= 15 is 0 Å². The van der Waals surface area contributed by atoms with Crippen LogP contribution in [0.3, 0.4) is 0 Å². The van der Waals surface area contributed by atoms with Crippen LogP contribution < -0.4 is 14.2 Å². The smallest absolute Gasteiger partial charge is 0.331 e. The first-order valence-electron chi connectivity index (χ1n) is 8.65. The molecule has 0 N–H and O–H groups in total. The second-order valence-corrected chi connectivity index (χ2v) is 6.14. The molecular weight excluding hydrogens is 360 g/mol. The van der Waals surface area contributed by atoms with E-state index in [-0.39, 0.29) is 12.4 Å². The van der Waals surface area contributed by atoms with Gasteiger partial charge in [0.05, 0.1) is 21.3 Å². The van der Waals surface area contributed by atoms with Crippen LogP contribution in [0.25, 0.3) is 6.08 Å². The summed E-state index contributed by atoms with van der Waals surface area (Å²) in [6.07, 6.45) is 2.80. The van der Waals surface area contributed by atoms with Gasteiger partial charge in [-0.3, -0.25) is 4.79 Å². The van der Waals surface area contributed by atoms with Gasteiger partial charge < -0.3 is 18.9 Å². The van der Waals surface area contributed by atoms with Crippen molar-refractivity contribution in [1.82, 2.24) is 0 Å². The highest BCUT2D eigenvalue weighted by Crippen LogP contribution is 2.38. The second kappa shape index (κ2) is 9.60. The second-order valence-electron chi connectivity index (χ2n) is 6.14. The molecule has 0 atom stereocenters. The van der Waals surface area contributed by atoms with Crippen molar-refractivity contribution in [3.05, 3.63) is 58.7 Å². The summed E-state index contributed by atoms with van der Waals surface area (Å²) in [4.78, 5) is 24.3. The van der Waals surface area contributed by atoms with E-state index in [2.05, 4.69) is 0 Å². The van der Waals surface area contributed by atoms with Gasteiger partial charge in [0.15, 0.2) is 18.1 Å². The van der Waals surface area contributed by atoms with Gasteiger partial charge >= 0.3 is 5.97 Å². The van der Waals surface area contributed by atoms with Gasteiger partial charge in [0.1, 0.15) is 0 Å². The first-order valence-corrected chi connectivity index (χ1v) is 8.65. The Balaban J connectivity index is 2.05. The first-order chi connectivity index (χ1) is 13.4. The van der Waals surface area contributed by atoms with E-state index in [1.165, 1.54) is 27.4 Å². The molecule has 2 aromatic rings. The van der Waals surface area contributed by atoms with Crippen molar-refractivity contribution in [2.24, 2.45) is 0 Å². The quantitative estimate of drug-likeness (QED) is 0.392. The highest BCUT2D eigenvalue weighted by molar-refractivity contribution is 6.00. The minimum absolute atomic E-state index is 0.240. The van der Waals surface area contributed by atoms with Crippen molar-refractivity contribution in [2.75, 3.05) is 27.9 Å². The highest BCUT2D eigenvalue weighted by Gasteiger charge is 2.13. The Hall–Kier alpha value is -3.28. The van der Waals surface area contributed by atoms with Crippen molar-refractivity contribution < 1.29 is 28.5 Å². The zero-order valence-electron chi connectivity index (χ0n) is 16.7. The van der Waals surface area contributed by atoms with Crippen LogP contribution in [0.4, 0.5) is 0 Å². The van der Waals surface area contributed by atoms with Crippen molar-refractivity contribution in [3.8, 4) is 17.2 Å². The molecule has 0 aromatic heterocycles. The third kappa shape index (κ3) is 5.13. The number of ketones is 1. The van der Waals surface area contributed by atoms with E-state index in [9.17, 15) is 9.59 Å².